The number of nitrogens with one attached hydrogen (secondary N) is 1. The Morgan fingerprint density at radius 1 is 1.50 bits per heavy atom. The second kappa shape index (κ2) is 7.34. The number of thiophene rings is 1. The molecule has 18 heavy (non-hydrogen) atoms. The second-order valence-corrected chi connectivity index (χ2v) is 6.25. The van der Waals surface area contributed by atoms with Crippen molar-refractivity contribution in [1.29, 1.82) is 0 Å². The topological polar surface area (TPSA) is 55.1 Å². The SMILES string of the molecule is Cl.NC1CCCC1C(=O)NCCc1ccc(Cl)s1. The summed E-state index contributed by atoms with van der Waals surface area (Å²) in [6.07, 6.45) is 3.81. The summed E-state index contributed by atoms with van der Waals surface area (Å²) in [4.78, 5) is 13.0. The second-order valence-electron chi connectivity index (χ2n) is 4.45. The molecule has 2 rings (SSSR count). The van der Waals surface area contributed by atoms with Gasteiger partial charge in [0.1, 0.15) is 0 Å². The van der Waals surface area contributed by atoms with Crippen LogP contribution in [-0.4, -0.2) is 18.5 Å². The van der Waals surface area contributed by atoms with Gasteiger partial charge in [-0.15, -0.1) is 23.7 Å². The largest absolute Gasteiger partial charge is 0.355 e. The Hall–Kier alpha value is -0.290. The van der Waals surface area contributed by atoms with Crippen LogP contribution in [0.5, 0.6) is 0 Å². The fourth-order valence-electron chi connectivity index (χ4n) is 2.24. The van der Waals surface area contributed by atoms with E-state index in [9.17, 15) is 4.79 Å². The van der Waals surface area contributed by atoms with Crippen molar-refractivity contribution in [3.8, 4) is 0 Å². The van der Waals surface area contributed by atoms with Crippen molar-refractivity contribution in [3.63, 3.8) is 0 Å². The summed E-state index contributed by atoms with van der Waals surface area (Å²) < 4.78 is 0.796. The quantitative estimate of drug-likeness (QED) is 0.898. The van der Waals surface area contributed by atoms with Gasteiger partial charge in [0, 0.05) is 17.5 Å². The van der Waals surface area contributed by atoms with Crippen LogP contribution in [0.15, 0.2) is 12.1 Å². The van der Waals surface area contributed by atoms with Crippen LogP contribution in [0.25, 0.3) is 0 Å². The number of nitrogens with two attached hydrogens (primary N) is 1. The molecule has 0 saturated heterocycles. The molecule has 1 amide bonds. The van der Waals surface area contributed by atoms with Crippen molar-refractivity contribution in [3.05, 3.63) is 21.3 Å². The molecular formula is C12H18Cl2N2OS. The minimum atomic E-state index is 0. The maximum atomic E-state index is 11.8. The van der Waals surface area contributed by atoms with Crippen LogP contribution in [0.2, 0.25) is 4.34 Å². The van der Waals surface area contributed by atoms with E-state index in [0.717, 1.165) is 30.0 Å². The van der Waals surface area contributed by atoms with Gasteiger partial charge in [0.2, 0.25) is 5.91 Å². The zero-order valence-corrected chi connectivity index (χ0v) is 12.4. The third-order valence-corrected chi connectivity index (χ3v) is 4.50. The Labute approximate surface area is 122 Å². The van der Waals surface area contributed by atoms with Crippen LogP contribution in [0.1, 0.15) is 24.1 Å². The van der Waals surface area contributed by atoms with Crippen LogP contribution in [0.4, 0.5) is 0 Å². The van der Waals surface area contributed by atoms with Crippen LogP contribution in [0, 0.1) is 5.92 Å². The predicted molar refractivity (Wildman–Crippen MR) is 78.6 cm³/mol. The van der Waals surface area contributed by atoms with E-state index in [2.05, 4.69) is 5.32 Å². The summed E-state index contributed by atoms with van der Waals surface area (Å²) in [7, 11) is 0. The predicted octanol–water partition coefficient (Wildman–Crippen LogP) is 2.61. The number of hydrogen-bond donors (Lipinski definition) is 2. The van der Waals surface area contributed by atoms with E-state index in [1.165, 1.54) is 4.88 Å². The number of rotatable bonds is 4. The number of hydrogen-bond acceptors (Lipinski definition) is 3. The molecule has 3 nitrogen and oxygen atoms in total. The summed E-state index contributed by atoms with van der Waals surface area (Å²) in [5.74, 6) is 0.125. The molecule has 1 heterocycles. The van der Waals surface area contributed by atoms with Crippen LogP contribution in [0.3, 0.4) is 0 Å². The molecular weight excluding hydrogens is 291 g/mol. The molecule has 102 valence electrons. The Bertz CT molecular complexity index is 397. The molecule has 0 aromatic carbocycles. The van der Waals surface area contributed by atoms with Gasteiger partial charge >= 0.3 is 0 Å². The van der Waals surface area contributed by atoms with Gasteiger partial charge in [0.05, 0.1) is 10.3 Å². The van der Waals surface area contributed by atoms with E-state index >= 15 is 0 Å². The highest BCUT2D eigenvalue weighted by atomic mass is 35.5. The van der Waals surface area contributed by atoms with Gasteiger partial charge in [-0.25, -0.2) is 0 Å². The molecule has 1 aliphatic carbocycles. The van der Waals surface area contributed by atoms with Crippen molar-refractivity contribution in [2.45, 2.75) is 31.7 Å². The molecule has 0 aliphatic heterocycles. The van der Waals surface area contributed by atoms with Crippen molar-refractivity contribution in [1.82, 2.24) is 5.32 Å². The van der Waals surface area contributed by atoms with Gasteiger partial charge in [0.25, 0.3) is 0 Å². The number of amides is 1. The lowest BCUT2D eigenvalue weighted by Gasteiger charge is -2.14. The van der Waals surface area contributed by atoms with Gasteiger partial charge in [-0.1, -0.05) is 18.0 Å². The van der Waals surface area contributed by atoms with Crippen molar-refractivity contribution in [2.75, 3.05) is 6.54 Å². The van der Waals surface area contributed by atoms with Crippen molar-refractivity contribution < 1.29 is 4.79 Å². The van der Waals surface area contributed by atoms with Gasteiger partial charge < -0.3 is 11.1 Å². The van der Waals surface area contributed by atoms with E-state index < -0.39 is 0 Å². The third-order valence-electron chi connectivity index (χ3n) is 3.21. The minimum Gasteiger partial charge on any atom is -0.355 e. The smallest absolute Gasteiger partial charge is 0.224 e. The lowest BCUT2D eigenvalue weighted by Crippen LogP contribution is -2.39. The monoisotopic (exact) mass is 308 g/mol. The fraction of sp³-hybridized carbons (Fsp3) is 0.583. The van der Waals surface area contributed by atoms with Gasteiger partial charge in [-0.3, -0.25) is 4.79 Å². The molecule has 2 unspecified atom stereocenters. The minimum absolute atomic E-state index is 0. The maximum absolute atomic E-state index is 11.8. The molecule has 1 fully saturated rings. The average molecular weight is 309 g/mol. The standard InChI is InChI=1S/C12H17ClN2OS.ClH/c13-11-5-4-8(17-11)6-7-15-12(16)9-2-1-3-10(9)14;/h4-5,9-10H,1-3,6-7,14H2,(H,15,16);1H. The average Bonchev–Trinajstić information content (AvgIpc) is 2.87. The Kier molecular flexibility index (Phi) is 6.43. The highest BCUT2D eigenvalue weighted by Gasteiger charge is 2.29. The van der Waals surface area contributed by atoms with Crippen LogP contribution < -0.4 is 11.1 Å². The van der Waals surface area contributed by atoms with Gasteiger partial charge in [-0.2, -0.15) is 0 Å². The van der Waals surface area contributed by atoms with E-state index in [0.29, 0.717) is 6.54 Å². The Morgan fingerprint density at radius 3 is 2.83 bits per heavy atom. The molecule has 2 atom stereocenters. The number of carbonyl (C=O) groups excluding carboxylic acids is 1. The summed E-state index contributed by atoms with van der Waals surface area (Å²) in [6.45, 7) is 0.666. The molecule has 1 saturated carbocycles. The normalized spacial score (nSPS) is 22.6. The molecule has 0 radical (unpaired) electrons. The fourth-order valence-corrected chi connectivity index (χ4v) is 3.33. The highest BCUT2D eigenvalue weighted by molar-refractivity contribution is 7.16. The first-order chi connectivity index (χ1) is 8.16. The van der Waals surface area contributed by atoms with Crippen LogP contribution >= 0.6 is 35.3 Å². The first-order valence-electron chi connectivity index (χ1n) is 5.94. The summed E-state index contributed by atoms with van der Waals surface area (Å²) in [5, 5.41) is 2.96. The van der Waals surface area contributed by atoms with Gasteiger partial charge in [-0.05, 0) is 31.4 Å². The zero-order valence-electron chi connectivity index (χ0n) is 10.0. The van der Waals surface area contributed by atoms with Crippen LogP contribution in [-0.2, 0) is 11.2 Å². The first-order valence-corrected chi connectivity index (χ1v) is 7.14. The summed E-state index contributed by atoms with van der Waals surface area (Å²) in [5.41, 5.74) is 5.89. The Morgan fingerprint density at radius 2 is 2.28 bits per heavy atom. The molecule has 6 heteroatoms. The zero-order chi connectivity index (χ0) is 12.3. The van der Waals surface area contributed by atoms with E-state index in [1.807, 2.05) is 12.1 Å². The lowest BCUT2D eigenvalue weighted by atomic mass is 10.0. The third kappa shape index (κ3) is 4.12. The highest BCUT2D eigenvalue weighted by Crippen LogP contribution is 2.24. The first kappa shape index (κ1) is 15.8. The maximum Gasteiger partial charge on any atom is 0.224 e. The number of carbonyl (C=O) groups is 1. The Balaban J connectivity index is 0.00000162. The number of halogens is 2. The molecule has 0 spiro atoms. The molecule has 0 bridgehead atoms. The van der Waals surface area contributed by atoms with E-state index in [4.69, 9.17) is 17.3 Å². The molecule has 1 aromatic heterocycles. The van der Waals surface area contributed by atoms with Gasteiger partial charge in [0.15, 0.2) is 0 Å². The molecule has 1 aliphatic rings. The van der Waals surface area contributed by atoms with Crippen molar-refractivity contribution in [2.24, 2.45) is 11.7 Å². The molecule has 1 aromatic rings. The van der Waals surface area contributed by atoms with Crippen molar-refractivity contribution >= 4 is 41.3 Å². The molecule has 3 N–H and O–H groups in total. The summed E-state index contributed by atoms with van der Waals surface area (Å²) in [6, 6.07) is 3.93. The van der Waals surface area contributed by atoms with E-state index in [-0.39, 0.29) is 30.3 Å². The van der Waals surface area contributed by atoms with E-state index in [1.54, 1.807) is 11.3 Å². The lowest BCUT2D eigenvalue weighted by molar-refractivity contribution is -0.125. The summed E-state index contributed by atoms with van der Waals surface area (Å²) >= 11 is 7.40.